The van der Waals surface area contributed by atoms with Gasteiger partial charge in [-0.2, -0.15) is 0 Å². The number of anilines is 3. The Bertz CT molecular complexity index is 1060. The van der Waals surface area contributed by atoms with Gasteiger partial charge in [0, 0.05) is 0 Å². The number of benzene rings is 2. The van der Waals surface area contributed by atoms with Crippen molar-refractivity contribution in [1.29, 1.82) is 0 Å². The van der Waals surface area contributed by atoms with Crippen LogP contribution in [-0.2, 0) is 22.9 Å². The van der Waals surface area contributed by atoms with Crippen molar-refractivity contribution in [2.45, 2.75) is 45.6 Å². The van der Waals surface area contributed by atoms with Crippen molar-refractivity contribution in [3.05, 3.63) is 59.2 Å². The van der Waals surface area contributed by atoms with Crippen LogP contribution in [0.5, 0.6) is 0 Å². The van der Waals surface area contributed by atoms with Gasteiger partial charge in [0.25, 0.3) is 0 Å². The van der Waals surface area contributed by atoms with E-state index in [4.69, 9.17) is 13.9 Å². The molecule has 0 aromatic heterocycles. The van der Waals surface area contributed by atoms with Crippen LogP contribution in [0.3, 0.4) is 0 Å². The molecule has 33 heavy (non-hydrogen) atoms. The van der Waals surface area contributed by atoms with Gasteiger partial charge in [-0.3, -0.25) is 0 Å². The SMILES string of the molecule is CC(C)c1cccc(C(C)C)c1N1CN2c3c(cccc3N3CCOCC3)C=CC2[C]1=[Ag-2][Cl]. The van der Waals surface area contributed by atoms with Gasteiger partial charge >= 0.3 is 212 Å². The number of nitrogens with zero attached hydrogens (tertiary/aromatic N) is 3. The van der Waals surface area contributed by atoms with Crippen LogP contribution < -0.4 is 14.7 Å². The zero-order valence-electron chi connectivity index (χ0n) is 19.8. The molecule has 182 valence electrons. The summed E-state index contributed by atoms with van der Waals surface area (Å²) in [5, 5.41) is 0. The first-order valence-corrected chi connectivity index (χ1v) is 14.5. The molecule has 0 spiro atoms. The van der Waals surface area contributed by atoms with E-state index in [0.29, 0.717) is 11.8 Å². The fraction of sp³-hybridized carbons (Fsp3) is 0.444. The van der Waals surface area contributed by atoms with Crippen LogP contribution >= 0.6 is 9.19 Å². The molecule has 2 aromatic rings. The van der Waals surface area contributed by atoms with E-state index in [2.05, 4.69) is 90.9 Å². The predicted octanol–water partition coefficient (Wildman–Crippen LogP) is 5.82. The van der Waals surface area contributed by atoms with E-state index in [1.165, 1.54) is 37.6 Å². The van der Waals surface area contributed by atoms with Crippen molar-refractivity contribution < 1.29 is 22.9 Å². The molecule has 0 N–H and O–H groups in total. The molecule has 6 heteroatoms. The molecule has 0 saturated carbocycles. The number of para-hydroxylation sites is 2. The van der Waals surface area contributed by atoms with E-state index in [0.717, 1.165) is 33.0 Å². The third-order valence-electron chi connectivity index (χ3n) is 6.90. The number of halogens is 1. The van der Waals surface area contributed by atoms with Gasteiger partial charge in [0.05, 0.1) is 0 Å². The Kier molecular flexibility index (Phi) is 6.74. The van der Waals surface area contributed by atoms with Crippen LogP contribution in [0.25, 0.3) is 6.08 Å². The van der Waals surface area contributed by atoms with Crippen LogP contribution in [0, 0.1) is 0 Å². The van der Waals surface area contributed by atoms with Crippen molar-refractivity contribution in [1.82, 2.24) is 0 Å². The molecule has 0 aliphatic carbocycles. The van der Waals surface area contributed by atoms with Crippen molar-refractivity contribution in [2.24, 2.45) is 0 Å². The molecule has 3 aliphatic heterocycles. The van der Waals surface area contributed by atoms with Crippen molar-refractivity contribution in [3.8, 4) is 0 Å². The second kappa shape index (κ2) is 9.59. The van der Waals surface area contributed by atoms with Crippen LogP contribution in [0.4, 0.5) is 17.1 Å². The summed E-state index contributed by atoms with van der Waals surface area (Å²) in [5.74, 6) is 0.895. The summed E-state index contributed by atoms with van der Waals surface area (Å²) < 4.78 is 6.93. The van der Waals surface area contributed by atoms with E-state index in [1.807, 2.05) is 0 Å². The molecular weight excluding hydrogens is 526 g/mol. The van der Waals surface area contributed by atoms with E-state index < -0.39 is 0 Å². The van der Waals surface area contributed by atoms with Gasteiger partial charge in [-0.1, -0.05) is 0 Å². The molecule has 3 heterocycles. The van der Waals surface area contributed by atoms with E-state index >= 15 is 0 Å². The van der Waals surface area contributed by atoms with E-state index in [1.54, 1.807) is 0 Å². The Morgan fingerprint density at radius 2 is 1.61 bits per heavy atom. The first kappa shape index (κ1) is 23.2. The van der Waals surface area contributed by atoms with E-state index in [9.17, 15) is 0 Å². The summed E-state index contributed by atoms with van der Waals surface area (Å²) in [4.78, 5) is 7.57. The van der Waals surface area contributed by atoms with E-state index in [-0.39, 0.29) is 24.2 Å². The number of hydrogen-bond acceptors (Lipinski definition) is 4. The topological polar surface area (TPSA) is 19.0 Å². The number of ether oxygens (including phenoxy) is 1. The quantitative estimate of drug-likeness (QED) is 0.441. The van der Waals surface area contributed by atoms with Gasteiger partial charge in [0.1, 0.15) is 0 Å². The van der Waals surface area contributed by atoms with Crippen molar-refractivity contribution in [2.75, 3.05) is 47.7 Å². The second-order valence-corrected chi connectivity index (χ2v) is 11.3. The fourth-order valence-electron chi connectivity index (χ4n) is 5.27. The molecule has 2 aromatic carbocycles. The van der Waals surface area contributed by atoms with Gasteiger partial charge in [0.2, 0.25) is 0 Å². The molecule has 4 nitrogen and oxygen atoms in total. The molecular formula is C27H33AgClN3O-2. The third kappa shape index (κ3) is 4.11. The Hall–Kier alpha value is -1.56. The van der Waals surface area contributed by atoms with Gasteiger partial charge in [-0.05, 0) is 0 Å². The van der Waals surface area contributed by atoms with Gasteiger partial charge in [-0.25, -0.2) is 0 Å². The Balaban J connectivity index is 1.62. The van der Waals surface area contributed by atoms with Crippen LogP contribution in [-0.4, -0.2) is 42.9 Å². The van der Waals surface area contributed by atoms with Gasteiger partial charge in [0.15, 0.2) is 0 Å². The summed E-state index contributed by atoms with van der Waals surface area (Å²) in [6.45, 7) is 13.4. The molecule has 0 radical (unpaired) electrons. The van der Waals surface area contributed by atoms with Crippen LogP contribution in [0.2, 0.25) is 0 Å². The van der Waals surface area contributed by atoms with Crippen molar-refractivity contribution in [3.63, 3.8) is 0 Å². The summed E-state index contributed by atoms with van der Waals surface area (Å²) in [7, 11) is 6.72. The summed E-state index contributed by atoms with van der Waals surface area (Å²) in [6.07, 6.45) is 4.63. The van der Waals surface area contributed by atoms with Gasteiger partial charge < -0.3 is 0 Å². The number of morpholine rings is 1. The molecule has 0 bridgehead atoms. The maximum absolute atomic E-state index is 6.72. The molecule has 2 fully saturated rings. The normalized spacial score (nSPS) is 21.8. The molecule has 1 atom stereocenters. The molecule has 5 rings (SSSR count). The zero-order chi connectivity index (χ0) is 23.1. The summed E-state index contributed by atoms with van der Waals surface area (Å²) in [5.41, 5.74) is 8.09. The zero-order valence-corrected chi connectivity index (χ0v) is 22.1. The Morgan fingerprint density at radius 3 is 2.24 bits per heavy atom. The average molecular weight is 559 g/mol. The first-order valence-electron chi connectivity index (χ1n) is 11.9. The minimum atomic E-state index is 0.192. The average Bonchev–Trinajstić information content (AvgIpc) is 3.22. The summed E-state index contributed by atoms with van der Waals surface area (Å²) in [6, 6.07) is 13.7. The number of rotatable bonds is 4. The summed E-state index contributed by atoms with van der Waals surface area (Å²) >= 11 is 0.213. The Morgan fingerprint density at radius 1 is 0.939 bits per heavy atom. The molecule has 0 amide bonds. The standard InChI is InChI=1S/C27H33N3O.Ag.ClH/c1-19(2)23-8-6-9-24(20(3)4)27(23)29-17-22-12-11-21-7-5-10-25(26(21)30(22)18-29)28-13-15-31-16-14-28;;/h5-12,19-20,22H,13-16,18H2,1-4H3;;1H/q;-1;/p-1. The molecule has 2 saturated heterocycles. The van der Waals surface area contributed by atoms with Crippen LogP contribution in [0.15, 0.2) is 42.5 Å². The fourth-order valence-corrected chi connectivity index (χ4v) is 7.00. The number of hydrogen-bond donors (Lipinski definition) is 0. The molecule has 1 unspecified atom stereocenters. The van der Waals surface area contributed by atoms with Gasteiger partial charge in [-0.15, -0.1) is 0 Å². The number of fused-ring (bicyclic) bond motifs is 3. The second-order valence-electron chi connectivity index (χ2n) is 9.59. The monoisotopic (exact) mass is 557 g/mol. The predicted molar refractivity (Wildman–Crippen MR) is 138 cm³/mol. The third-order valence-corrected chi connectivity index (χ3v) is 8.72. The maximum atomic E-state index is 6.72. The Labute approximate surface area is 210 Å². The first-order chi connectivity index (χ1) is 16.0. The van der Waals surface area contributed by atoms with Crippen LogP contribution in [0.1, 0.15) is 56.2 Å². The van der Waals surface area contributed by atoms with Crippen molar-refractivity contribution >= 4 is 36.2 Å². The molecule has 3 aliphatic rings. The minimum absolute atomic E-state index is 0.192.